The van der Waals surface area contributed by atoms with Gasteiger partial charge in [-0.05, 0) is 61.7 Å². The number of aromatic nitrogens is 1. The predicted octanol–water partition coefficient (Wildman–Crippen LogP) is 3.76. The molecule has 0 bridgehead atoms. The molecule has 1 heterocycles. The average molecular weight is 284 g/mol. The number of hydrogen-bond donors (Lipinski definition) is 1. The highest BCUT2D eigenvalue weighted by molar-refractivity contribution is 5.29. The van der Waals surface area contributed by atoms with Crippen LogP contribution in [0.5, 0.6) is 5.75 Å². The van der Waals surface area contributed by atoms with Crippen molar-refractivity contribution in [3.8, 4) is 5.75 Å². The van der Waals surface area contributed by atoms with Gasteiger partial charge in [-0.2, -0.15) is 0 Å². The number of nitrogens with zero attached hydrogens (tertiary/aromatic N) is 1. The van der Waals surface area contributed by atoms with Gasteiger partial charge in [-0.25, -0.2) is 0 Å². The van der Waals surface area contributed by atoms with E-state index in [-0.39, 0.29) is 0 Å². The van der Waals surface area contributed by atoms with E-state index in [1.54, 1.807) is 0 Å². The van der Waals surface area contributed by atoms with Gasteiger partial charge in [0.25, 0.3) is 0 Å². The molecule has 1 unspecified atom stereocenters. The average Bonchev–Trinajstić information content (AvgIpc) is 2.54. The molecule has 2 aromatic rings. The van der Waals surface area contributed by atoms with Crippen LogP contribution in [0.15, 0.2) is 48.8 Å². The second kappa shape index (κ2) is 8.42. The van der Waals surface area contributed by atoms with Crippen molar-refractivity contribution in [1.82, 2.24) is 10.3 Å². The van der Waals surface area contributed by atoms with Gasteiger partial charge in [0.05, 0.1) is 6.61 Å². The highest BCUT2D eigenvalue weighted by Gasteiger charge is 2.10. The zero-order valence-corrected chi connectivity index (χ0v) is 12.9. The Morgan fingerprint density at radius 1 is 1.05 bits per heavy atom. The zero-order valence-electron chi connectivity index (χ0n) is 12.9. The van der Waals surface area contributed by atoms with Crippen LogP contribution in [0.4, 0.5) is 0 Å². The molecule has 0 fully saturated rings. The number of benzene rings is 1. The summed E-state index contributed by atoms with van der Waals surface area (Å²) in [5.74, 6) is 0.936. The van der Waals surface area contributed by atoms with Gasteiger partial charge in [0, 0.05) is 18.4 Å². The van der Waals surface area contributed by atoms with Gasteiger partial charge in [0.1, 0.15) is 5.75 Å². The summed E-state index contributed by atoms with van der Waals surface area (Å²) in [4.78, 5) is 4.06. The Labute approximate surface area is 127 Å². The molecule has 3 nitrogen and oxygen atoms in total. The van der Waals surface area contributed by atoms with Crippen molar-refractivity contribution in [1.29, 1.82) is 0 Å². The topological polar surface area (TPSA) is 34.2 Å². The standard InChI is InChI=1S/C18H24N2O/c1-3-20-18(10-5-15-11-13-19-14-12-15)16-6-8-17(9-7-16)21-4-2/h6-9,11-14,18,20H,3-5,10H2,1-2H3. The van der Waals surface area contributed by atoms with Crippen molar-refractivity contribution in [2.24, 2.45) is 0 Å². The monoisotopic (exact) mass is 284 g/mol. The molecule has 0 radical (unpaired) electrons. The molecule has 3 heteroatoms. The van der Waals surface area contributed by atoms with E-state index in [4.69, 9.17) is 4.74 Å². The summed E-state index contributed by atoms with van der Waals surface area (Å²) < 4.78 is 5.50. The van der Waals surface area contributed by atoms with Crippen LogP contribution in [-0.4, -0.2) is 18.1 Å². The molecule has 0 aliphatic carbocycles. The summed E-state index contributed by atoms with van der Waals surface area (Å²) in [6.45, 7) is 5.82. The molecule has 21 heavy (non-hydrogen) atoms. The predicted molar refractivity (Wildman–Crippen MR) is 86.6 cm³/mol. The quantitative estimate of drug-likeness (QED) is 0.801. The third kappa shape index (κ3) is 4.87. The lowest BCUT2D eigenvalue weighted by atomic mass is 9.99. The summed E-state index contributed by atoms with van der Waals surface area (Å²) in [6.07, 6.45) is 5.84. The van der Waals surface area contributed by atoms with Crippen LogP contribution in [-0.2, 0) is 6.42 Å². The summed E-state index contributed by atoms with van der Waals surface area (Å²) in [5, 5.41) is 3.56. The second-order valence-corrected chi connectivity index (χ2v) is 5.01. The largest absolute Gasteiger partial charge is 0.494 e. The van der Waals surface area contributed by atoms with E-state index < -0.39 is 0 Å². The molecular formula is C18H24N2O. The number of nitrogens with one attached hydrogen (secondary N) is 1. The van der Waals surface area contributed by atoms with Gasteiger partial charge in [-0.1, -0.05) is 19.1 Å². The number of ether oxygens (including phenoxy) is 1. The number of aryl methyl sites for hydroxylation is 1. The van der Waals surface area contributed by atoms with Crippen molar-refractivity contribution < 1.29 is 4.74 Å². The fourth-order valence-electron chi connectivity index (χ4n) is 2.46. The van der Waals surface area contributed by atoms with E-state index >= 15 is 0 Å². The summed E-state index contributed by atoms with van der Waals surface area (Å²) in [5.41, 5.74) is 2.65. The molecule has 0 saturated carbocycles. The molecule has 1 aromatic carbocycles. The SMILES string of the molecule is CCNC(CCc1ccncc1)c1ccc(OCC)cc1. The fraction of sp³-hybridized carbons (Fsp3) is 0.389. The van der Waals surface area contributed by atoms with E-state index in [1.807, 2.05) is 19.3 Å². The molecule has 1 N–H and O–H groups in total. The minimum Gasteiger partial charge on any atom is -0.494 e. The van der Waals surface area contributed by atoms with Crippen LogP contribution in [0.3, 0.4) is 0 Å². The van der Waals surface area contributed by atoms with E-state index in [1.165, 1.54) is 11.1 Å². The first-order chi connectivity index (χ1) is 10.3. The van der Waals surface area contributed by atoms with Crippen LogP contribution in [0.25, 0.3) is 0 Å². The molecule has 0 amide bonds. The fourth-order valence-corrected chi connectivity index (χ4v) is 2.46. The maximum absolute atomic E-state index is 5.50. The summed E-state index contributed by atoms with van der Waals surface area (Å²) >= 11 is 0. The van der Waals surface area contributed by atoms with Gasteiger partial charge in [0.15, 0.2) is 0 Å². The van der Waals surface area contributed by atoms with Crippen molar-refractivity contribution in [3.63, 3.8) is 0 Å². The Kier molecular flexibility index (Phi) is 6.22. The molecular weight excluding hydrogens is 260 g/mol. The smallest absolute Gasteiger partial charge is 0.119 e. The van der Waals surface area contributed by atoms with Gasteiger partial charge in [-0.3, -0.25) is 4.98 Å². The van der Waals surface area contributed by atoms with Gasteiger partial charge in [0.2, 0.25) is 0 Å². The molecule has 112 valence electrons. The van der Waals surface area contributed by atoms with Crippen LogP contribution >= 0.6 is 0 Å². The molecule has 1 atom stereocenters. The van der Waals surface area contributed by atoms with Crippen molar-refractivity contribution in [2.45, 2.75) is 32.7 Å². The van der Waals surface area contributed by atoms with Crippen LogP contribution < -0.4 is 10.1 Å². The Morgan fingerprint density at radius 3 is 2.38 bits per heavy atom. The lowest BCUT2D eigenvalue weighted by molar-refractivity contribution is 0.340. The normalized spacial score (nSPS) is 12.1. The van der Waals surface area contributed by atoms with Crippen molar-refractivity contribution >= 4 is 0 Å². The summed E-state index contributed by atoms with van der Waals surface area (Å²) in [6, 6.07) is 13.0. The lowest BCUT2D eigenvalue weighted by Crippen LogP contribution is -2.21. The molecule has 0 aliphatic rings. The minimum absolute atomic E-state index is 0.374. The Balaban J connectivity index is 2.00. The van der Waals surface area contributed by atoms with Crippen LogP contribution in [0.2, 0.25) is 0 Å². The first kappa shape index (κ1) is 15.5. The lowest BCUT2D eigenvalue weighted by Gasteiger charge is -2.19. The number of pyridine rings is 1. The molecule has 2 rings (SSSR count). The first-order valence-corrected chi connectivity index (χ1v) is 7.68. The van der Waals surface area contributed by atoms with E-state index in [9.17, 15) is 0 Å². The third-order valence-corrected chi connectivity index (χ3v) is 3.52. The van der Waals surface area contributed by atoms with Crippen molar-refractivity contribution in [3.05, 3.63) is 59.9 Å². The Bertz CT molecular complexity index is 511. The van der Waals surface area contributed by atoms with Crippen LogP contribution in [0, 0.1) is 0 Å². The van der Waals surface area contributed by atoms with Gasteiger partial charge in [-0.15, -0.1) is 0 Å². The Morgan fingerprint density at radius 2 is 1.76 bits per heavy atom. The number of hydrogen-bond acceptors (Lipinski definition) is 3. The van der Waals surface area contributed by atoms with Crippen LogP contribution in [0.1, 0.15) is 37.4 Å². The maximum Gasteiger partial charge on any atom is 0.119 e. The Hall–Kier alpha value is -1.87. The highest BCUT2D eigenvalue weighted by atomic mass is 16.5. The van der Waals surface area contributed by atoms with Gasteiger partial charge < -0.3 is 10.1 Å². The zero-order chi connectivity index (χ0) is 14.9. The molecule has 0 saturated heterocycles. The summed E-state index contributed by atoms with van der Waals surface area (Å²) in [7, 11) is 0. The molecule has 0 spiro atoms. The molecule has 1 aromatic heterocycles. The van der Waals surface area contributed by atoms with Gasteiger partial charge >= 0.3 is 0 Å². The van der Waals surface area contributed by atoms with E-state index in [0.717, 1.165) is 25.1 Å². The number of rotatable bonds is 8. The maximum atomic E-state index is 5.50. The highest BCUT2D eigenvalue weighted by Crippen LogP contribution is 2.22. The van der Waals surface area contributed by atoms with E-state index in [2.05, 4.69) is 53.6 Å². The molecule has 0 aliphatic heterocycles. The third-order valence-electron chi connectivity index (χ3n) is 3.52. The van der Waals surface area contributed by atoms with Crippen molar-refractivity contribution in [2.75, 3.05) is 13.2 Å². The first-order valence-electron chi connectivity index (χ1n) is 7.68. The minimum atomic E-state index is 0.374. The van der Waals surface area contributed by atoms with E-state index in [0.29, 0.717) is 12.6 Å². The second-order valence-electron chi connectivity index (χ2n) is 5.01.